The van der Waals surface area contributed by atoms with Crippen molar-refractivity contribution in [1.82, 2.24) is 0 Å². The Balaban J connectivity index is 1.99. The van der Waals surface area contributed by atoms with E-state index in [-0.39, 0.29) is 11.3 Å². The number of aryl methyl sites for hydroxylation is 4. The molecule has 0 saturated carbocycles. The summed E-state index contributed by atoms with van der Waals surface area (Å²) in [5.74, 6) is -0.276. The second-order valence-corrected chi connectivity index (χ2v) is 8.87. The molecule has 0 aliphatic carbocycles. The van der Waals surface area contributed by atoms with Crippen LogP contribution in [0.4, 0.5) is 5.69 Å². The normalized spacial score (nSPS) is 17.1. The van der Waals surface area contributed by atoms with Crippen molar-refractivity contribution < 1.29 is 24.2 Å². The van der Waals surface area contributed by atoms with Crippen molar-refractivity contribution in [1.29, 1.82) is 0 Å². The summed E-state index contributed by atoms with van der Waals surface area (Å²) in [6, 6.07) is 15.7. The zero-order valence-corrected chi connectivity index (χ0v) is 20.8. The van der Waals surface area contributed by atoms with Crippen molar-refractivity contribution in [3.63, 3.8) is 0 Å². The first-order valence-electron chi connectivity index (χ1n) is 11.4. The number of ether oxygens (including phenoxy) is 2. The molecule has 1 saturated heterocycles. The van der Waals surface area contributed by atoms with E-state index >= 15 is 0 Å². The fourth-order valence-electron chi connectivity index (χ4n) is 4.57. The average molecular weight is 472 g/mol. The molecule has 3 aromatic carbocycles. The molecule has 4 rings (SSSR count). The summed E-state index contributed by atoms with van der Waals surface area (Å²) in [6.45, 7) is 7.53. The molecule has 0 radical (unpaired) electrons. The van der Waals surface area contributed by atoms with Crippen LogP contribution in [0.5, 0.6) is 11.5 Å². The smallest absolute Gasteiger partial charge is 0.300 e. The maximum atomic E-state index is 13.5. The number of aliphatic hydroxyl groups excluding tert-OH is 1. The van der Waals surface area contributed by atoms with Crippen molar-refractivity contribution >= 4 is 23.1 Å². The van der Waals surface area contributed by atoms with Gasteiger partial charge in [0.1, 0.15) is 17.3 Å². The number of ketones is 1. The van der Waals surface area contributed by atoms with Gasteiger partial charge in [-0.15, -0.1) is 0 Å². The van der Waals surface area contributed by atoms with Gasteiger partial charge in [0.2, 0.25) is 0 Å². The molecule has 0 bridgehead atoms. The molecule has 1 aliphatic rings. The van der Waals surface area contributed by atoms with Gasteiger partial charge in [-0.1, -0.05) is 24.3 Å². The van der Waals surface area contributed by atoms with E-state index in [9.17, 15) is 14.7 Å². The summed E-state index contributed by atoms with van der Waals surface area (Å²) in [5, 5.41) is 11.5. The molecular formula is C29H29NO5. The van der Waals surface area contributed by atoms with E-state index < -0.39 is 17.7 Å². The topological polar surface area (TPSA) is 76.1 Å². The number of benzene rings is 3. The molecular weight excluding hydrogens is 442 g/mol. The zero-order valence-electron chi connectivity index (χ0n) is 20.8. The first-order valence-corrected chi connectivity index (χ1v) is 11.4. The highest BCUT2D eigenvalue weighted by Gasteiger charge is 2.47. The van der Waals surface area contributed by atoms with Crippen molar-refractivity contribution in [2.75, 3.05) is 19.1 Å². The van der Waals surface area contributed by atoms with E-state index in [1.807, 2.05) is 64.1 Å². The summed E-state index contributed by atoms with van der Waals surface area (Å²) < 4.78 is 10.7. The molecule has 1 N–H and O–H groups in total. The number of Topliss-reactive ketones (excluding diaryl/α,β-unsaturated/α-hetero) is 1. The van der Waals surface area contributed by atoms with Gasteiger partial charge in [-0.25, -0.2) is 0 Å². The largest absolute Gasteiger partial charge is 0.507 e. The van der Waals surface area contributed by atoms with Crippen LogP contribution < -0.4 is 14.4 Å². The highest BCUT2D eigenvalue weighted by Crippen LogP contribution is 2.44. The first-order chi connectivity index (χ1) is 16.7. The second-order valence-electron chi connectivity index (χ2n) is 8.87. The molecule has 3 aromatic rings. The Morgan fingerprint density at radius 3 is 2.14 bits per heavy atom. The number of carbonyl (C=O) groups is 2. The van der Waals surface area contributed by atoms with Crippen LogP contribution in [0.15, 0.2) is 60.2 Å². The summed E-state index contributed by atoms with van der Waals surface area (Å²) in [6.07, 6.45) is 0. The van der Waals surface area contributed by atoms with Gasteiger partial charge >= 0.3 is 0 Å². The number of hydrogen-bond donors (Lipinski definition) is 1. The van der Waals surface area contributed by atoms with E-state index in [4.69, 9.17) is 9.47 Å². The maximum absolute atomic E-state index is 13.5. The third-order valence-electron chi connectivity index (χ3n) is 6.50. The molecule has 1 heterocycles. The lowest BCUT2D eigenvalue weighted by Gasteiger charge is -2.27. The third kappa shape index (κ3) is 4.16. The highest BCUT2D eigenvalue weighted by molar-refractivity contribution is 6.51. The number of hydrogen-bond acceptors (Lipinski definition) is 5. The summed E-state index contributed by atoms with van der Waals surface area (Å²) >= 11 is 0. The van der Waals surface area contributed by atoms with E-state index in [1.165, 1.54) is 4.90 Å². The SMILES string of the molecule is COc1ccc(C2/C(=C(\O)c3cc(C)c(OC)cc3C)C(=O)C(=O)N2c2cc(C)ccc2C)cc1. The lowest BCUT2D eigenvalue weighted by molar-refractivity contribution is -0.132. The molecule has 1 unspecified atom stereocenters. The number of rotatable bonds is 5. The van der Waals surface area contributed by atoms with Crippen LogP contribution in [0, 0.1) is 27.7 Å². The predicted octanol–water partition coefficient (Wildman–Crippen LogP) is 5.56. The van der Waals surface area contributed by atoms with Gasteiger partial charge in [-0.3, -0.25) is 14.5 Å². The van der Waals surface area contributed by atoms with Crippen molar-refractivity contribution in [2.45, 2.75) is 33.7 Å². The molecule has 1 amide bonds. The number of anilines is 1. The quantitative estimate of drug-likeness (QED) is 0.299. The molecule has 0 aromatic heterocycles. The van der Waals surface area contributed by atoms with E-state index in [0.717, 1.165) is 22.3 Å². The molecule has 1 fully saturated rings. The molecule has 1 aliphatic heterocycles. The van der Waals surface area contributed by atoms with Crippen LogP contribution >= 0.6 is 0 Å². The van der Waals surface area contributed by atoms with Gasteiger partial charge in [-0.05, 0) is 85.8 Å². The van der Waals surface area contributed by atoms with Crippen LogP contribution in [0.3, 0.4) is 0 Å². The molecule has 180 valence electrons. The summed E-state index contributed by atoms with van der Waals surface area (Å²) in [7, 11) is 3.16. The van der Waals surface area contributed by atoms with Crippen molar-refractivity contribution in [3.05, 3.63) is 93.6 Å². The number of carbonyl (C=O) groups excluding carboxylic acids is 2. The fourth-order valence-corrected chi connectivity index (χ4v) is 4.57. The van der Waals surface area contributed by atoms with Crippen LogP contribution in [-0.2, 0) is 9.59 Å². The van der Waals surface area contributed by atoms with Gasteiger partial charge in [0.25, 0.3) is 11.7 Å². The maximum Gasteiger partial charge on any atom is 0.300 e. The standard InChI is InChI=1S/C29H29NO5/c1-16-7-8-17(2)23(13-16)30-26(20-9-11-21(34-5)12-10-20)25(28(32)29(30)33)27(31)22-14-19(4)24(35-6)15-18(22)3/h7-15,26,31H,1-6H3/b27-25+. The number of aliphatic hydroxyl groups is 1. The van der Waals surface area contributed by atoms with Crippen LogP contribution in [0.2, 0.25) is 0 Å². The molecule has 1 atom stereocenters. The number of nitrogens with zero attached hydrogens (tertiary/aromatic N) is 1. The van der Waals surface area contributed by atoms with Crippen LogP contribution in [-0.4, -0.2) is 31.0 Å². The Morgan fingerprint density at radius 2 is 1.51 bits per heavy atom. The zero-order chi connectivity index (χ0) is 25.4. The van der Waals surface area contributed by atoms with E-state index in [1.54, 1.807) is 32.4 Å². The Hall–Kier alpha value is -4.06. The van der Waals surface area contributed by atoms with E-state index in [0.29, 0.717) is 28.3 Å². The Morgan fingerprint density at radius 1 is 0.829 bits per heavy atom. The molecule has 6 heteroatoms. The minimum atomic E-state index is -0.803. The van der Waals surface area contributed by atoms with Gasteiger partial charge < -0.3 is 14.6 Å². The van der Waals surface area contributed by atoms with Gasteiger partial charge in [0, 0.05) is 11.3 Å². The predicted molar refractivity (Wildman–Crippen MR) is 136 cm³/mol. The minimum absolute atomic E-state index is 0.0498. The van der Waals surface area contributed by atoms with Crippen molar-refractivity contribution in [2.24, 2.45) is 0 Å². The van der Waals surface area contributed by atoms with Gasteiger partial charge in [0.05, 0.1) is 25.8 Å². The summed E-state index contributed by atoms with van der Waals surface area (Å²) in [5.41, 5.74) is 5.22. The highest BCUT2D eigenvalue weighted by atomic mass is 16.5. The lowest BCUT2D eigenvalue weighted by atomic mass is 9.92. The monoisotopic (exact) mass is 471 g/mol. The number of amides is 1. The third-order valence-corrected chi connectivity index (χ3v) is 6.50. The summed E-state index contributed by atoms with van der Waals surface area (Å²) in [4.78, 5) is 28.4. The molecule has 35 heavy (non-hydrogen) atoms. The Kier molecular flexibility index (Phi) is 6.39. The van der Waals surface area contributed by atoms with E-state index in [2.05, 4.69) is 0 Å². The minimum Gasteiger partial charge on any atom is -0.507 e. The Labute approximate surface area is 205 Å². The first kappa shape index (κ1) is 24.1. The second kappa shape index (κ2) is 9.29. The number of methoxy groups -OCH3 is 2. The Bertz CT molecular complexity index is 1350. The lowest BCUT2D eigenvalue weighted by Crippen LogP contribution is -2.30. The fraction of sp³-hybridized carbons (Fsp3) is 0.241. The van der Waals surface area contributed by atoms with Gasteiger partial charge in [0.15, 0.2) is 0 Å². The van der Waals surface area contributed by atoms with Crippen molar-refractivity contribution in [3.8, 4) is 11.5 Å². The van der Waals surface area contributed by atoms with Crippen LogP contribution in [0.25, 0.3) is 5.76 Å². The molecule has 6 nitrogen and oxygen atoms in total. The van der Waals surface area contributed by atoms with Gasteiger partial charge in [-0.2, -0.15) is 0 Å². The molecule has 0 spiro atoms. The van der Waals surface area contributed by atoms with Crippen LogP contribution in [0.1, 0.15) is 39.4 Å². The average Bonchev–Trinajstić information content (AvgIpc) is 3.11.